The van der Waals surface area contributed by atoms with Gasteiger partial charge in [0.2, 0.25) is 0 Å². The molecule has 0 aliphatic heterocycles. The number of benzene rings is 1. The molecule has 0 atom stereocenters. The minimum atomic E-state index is -0.792. The van der Waals surface area contributed by atoms with E-state index in [4.69, 9.17) is 4.42 Å². The molecule has 15 heavy (non-hydrogen) atoms. The Hall–Kier alpha value is -1.71. The van der Waals surface area contributed by atoms with Gasteiger partial charge in [0.1, 0.15) is 5.82 Å². The molecule has 0 unspecified atom stereocenters. The number of Topliss-reactive ketones (excluding diaryl/α,β-unsaturated/α-hetero) is 1. The Labute approximate surface area is 84.5 Å². The largest absolute Gasteiger partial charge is 0.450 e. The number of rotatable bonds is 2. The molecule has 0 N–H and O–H groups in total. The lowest BCUT2D eigenvalue weighted by atomic mass is 10.2. The van der Waals surface area contributed by atoms with Crippen LogP contribution in [-0.4, -0.2) is 5.78 Å². The third-order valence-electron chi connectivity index (χ3n) is 2.13. The summed E-state index contributed by atoms with van der Waals surface area (Å²) < 4.78 is 31.0. The maximum absolute atomic E-state index is 13.2. The Morgan fingerprint density at radius 3 is 2.73 bits per heavy atom. The maximum atomic E-state index is 13.2. The minimum Gasteiger partial charge on any atom is -0.450 e. The van der Waals surface area contributed by atoms with Crippen LogP contribution in [0.15, 0.2) is 22.6 Å². The predicted molar refractivity (Wildman–Crippen MR) is 50.8 cm³/mol. The fourth-order valence-electron chi connectivity index (χ4n) is 1.39. The Balaban J connectivity index is 2.65. The first-order valence-electron chi connectivity index (χ1n) is 4.53. The summed E-state index contributed by atoms with van der Waals surface area (Å²) in [5.41, 5.74) is -0.0757. The Kier molecular flexibility index (Phi) is 2.26. The zero-order chi connectivity index (χ0) is 11.0. The molecule has 0 aliphatic carbocycles. The summed E-state index contributed by atoms with van der Waals surface area (Å²) in [6.07, 6.45) is 0.268. The molecule has 2 rings (SSSR count). The molecular weight excluding hydrogens is 202 g/mol. The predicted octanol–water partition coefficient (Wildman–Crippen LogP) is 3.30. The molecule has 2 nitrogen and oxygen atoms in total. The van der Waals surface area contributed by atoms with Crippen LogP contribution < -0.4 is 0 Å². The van der Waals surface area contributed by atoms with Gasteiger partial charge in [-0.2, -0.15) is 0 Å². The number of fused-ring (bicyclic) bond motifs is 1. The first-order valence-corrected chi connectivity index (χ1v) is 4.53. The van der Waals surface area contributed by atoms with Crippen LogP contribution in [-0.2, 0) is 0 Å². The molecule has 0 spiro atoms. The van der Waals surface area contributed by atoms with Crippen molar-refractivity contribution in [1.29, 1.82) is 0 Å². The summed E-state index contributed by atoms with van der Waals surface area (Å²) in [6.45, 7) is 1.67. The van der Waals surface area contributed by atoms with Gasteiger partial charge in [-0.25, -0.2) is 8.78 Å². The Morgan fingerprint density at radius 1 is 1.33 bits per heavy atom. The average molecular weight is 210 g/mol. The van der Waals surface area contributed by atoms with E-state index in [2.05, 4.69) is 0 Å². The van der Waals surface area contributed by atoms with E-state index in [1.807, 2.05) is 0 Å². The summed E-state index contributed by atoms with van der Waals surface area (Å²) in [6, 6.07) is 3.22. The van der Waals surface area contributed by atoms with Crippen molar-refractivity contribution in [2.45, 2.75) is 13.3 Å². The van der Waals surface area contributed by atoms with Gasteiger partial charge in [0, 0.05) is 17.9 Å². The van der Waals surface area contributed by atoms with Gasteiger partial charge in [-0.3, -0.25) is 4.79 Å². The van der Waals surface area contributed by atoms with Crippen molar-refractivity contribution >= 4 is 16.8 Å². The molecule has 1 aromatic carbocycles. The normalized spacial score (nSPS) is 10.9. The van der Waals surface area contributed by atoms with Crippen LogP contribution in [0.25, 0.3) is 11.0 Å². The van der Waals surface area contributed by atoms with Crippen molar-refractivity contribution in [3.63, 3.8) is 0 Å². The van der Waals surface area contributed by atoms with Crippen molar-refractivity contribution in [2.75, 3.05) is 0 Å². The fraction of sp³-hybridized carbons (Fsp3) is 0.182. The van der Waals surface area contributed by atoms with Gasteiger partial charge in [-0.1, -0.05) is 6.92 Å². The SMILES string of the molecule is CCC(=O)c1cc2cc(F)cc(F)c2o1. The topological polar surface area (TPSA) is 30.2 Å². The van der Waals surface area contributed by atoms with E-state index in [0.29, 0.717) is 0 Å². The minimum absolute atomic E-state index is 0.0667. The quantitative estimate of drug-likeness (QED) is 0.712. The van der Waals surface area contributed by atoms with Gasteiger partial charge < -0.3 is 4.42 Å². The molecule has 0 aliphatic rings. The molecule has 0 fully saturated rings. The Bertz CT molecular complexity index is 529. The van der Waals surface area contributed by atoms with E-state index < -0.39 is 11.6 Å². The number of furan rings is 1. The first-order chi connectivity index (χ1) is 7.11. The summed E-state index contributed by atoms with van der Waals surface area (Å²) >= 11 is 0. The molecular formula is C11H8F2O2. The van der Waals surface area contributed by atoms with Crippen LogP contribution in [0, 0.1) is 11.6 Å². The van der Waals surface area contributed by atoms with Gasteiger partial charge in [0.15, 0.2) is 22.9 Å². The number of carbonyl (C=O) groups excluding carboxylic acids is 1. The third-order valence-corrected chi connectivity index (χ3v) is 2.13. The van der Waals surface area contributed by atoms with E-state index in [1.54, 1.807) is 6.92 Å². The van der Waals surface area contributed by atoms with E-state index in [0.717, 1.165) is 12.1 Å². The Morgan fingerprint density at radius 2 is 2.07 bits per heavy atom. The number of carbonyl (C=O) groups is 1. The van der Waals surface area contributed by atoms with E-state index >= 15 is 0 Å². The molecule has 0 amide bonds. The lowest BCUT2D eigenvalue weighted by Gasteiger charge is -1.91. The van der Waals surface area contributed by atoms with Crippen molar-refractivity contribution in [3.05, 3.63) is 35.6 Å². The first kappa shape index (κ1) is 9.83. The summed E-state index contributed by atoms with van der Waals surface area (Å²) in [5, 5.41) is 0.268. The van der Waals surface area contributed by atoms with Crippen LogP contribution in [0.3, 0.4) is 0 Å². The van der Waals surface area contributed by atoms with Gasteiger partial charge in [0.05, 0.1) is 0 Å². The maximum Gasteiger partial charge on any atom is 0.197 e. The van der Waals surface area contributed by atoms with E-state index in [1.165, 1.54) is 6.07 Å². The molecule has 78 valence electrons. The second kappa shape index (κ2) is 3.46. The standard InChI is InChI=1S/C11H8F2O2/c1-2-9(14)10-4-6-3-7(12)5-8(13)11(6)15-10/h3-5H,2H2,1H3. The van der Waals surface area contributed by atoms with E-state index in [9.17, 15) is 13.6 Å². The van der Waals surface area contributed by atoms with Gasteiger partial charge in [-0.05, 0) is 12.1 Å². The monoisotopic (exact) mass is 210 g/mol. The second-order valence-electron chi connectivity index (χ2n) is 3.19. The molecule has 4 heteroatoms. The highest BCUT2D eigenvalue weighted by atomic mass is 19.1. The highest BCUT2D eigenvalue weighted by Crippen LogP contribution is 2.24. The van der Waals surface area contributed by atoms with Crippen molar-refractivity contribution < 1.29 is 18.0 Å². The van der Waals surface area contributed by atoms with Crippen LogP contribution >= 0.6 is 0 Å². The second-order valence-corrected chi connectivity index (χ2v) is 3.19. The molecule has 1 heterocycles. The molecule has 2 aromatic rings. The van der Waals surface area contributed by atoms with Gasteiger partial charge in [-0.15, -0.1) is 0 Å². The molecule has 0 saturated heterocycles. The fourth-order valence-corrected chi connectivity index (χ4v) is 1.39. The van der Waals surface area contributed by atoms with Gasteiger partial charge in [0.25, 0.3) is 0 Å². The van der Waals surface area contributed by atoms with Gasteiger partial charge >= 0.3 is 0 Å². The number of halogens is 2. The summed E-state index contributed by atoms with van der Waals surface area (Å²) in [5.74, 6) is -1.64. The smallest absolute Gasteiger partial charge is 0.197 e. The lowest BCUT2D eigenvalue weighted by Crippen LogP contribution is -1.92. The summed E-state index contributed by atoms with van der Waals surface area (Å²) in [7, 11) is 0. The number of hydrogen-bond donors (Lipinski definition) is 0. The van der Waals surface area contributed by atoms with E-state index in [-0.39, 0.29) is 28.9 Å². The van der Waals surface area contributed by atoms with Crippen LogP contribution in [0.2, 0.25) is 0 Å². The van der Waals surface area contributed by atoms with Crippen LogP contribution in [0.1, 0.15) is 23.9 Å². The zero-order valence-electron chi connectivity index (χ0n) is 8.01. The van der Waals surface area contributed by atoms with Crippen LogP contribution in [0.5, 0.6) is 0 Å². The van der Waals surface area contributed by atoms with Crippen LogP contribution in [0.4, 0.5) is 8.78 Å². The lowest BCUT2D eigenvalue weighted by molar-refractivity contribution is 0.0963. The van der Waals surface area contributed by atoms with Crippen molar-refractivity contribution in [3.8, 4) is 0 Å². The summed E-state index contributed by atoms with van der Waals surface area (Å²) in [4.78, 5) is 11.3. The molecule has 0 bridgehead atoms. The zero-order valence-corrected chi connectivity index (χ0v) is 8.01. The average Bonchev–Trinajstić information content (AvgIpc) is 2.60. The highest BCUT2D eigenvalue weighted by Gasteiger charge is 2.14. The number of ketones is 1. The third kappa shape index (κ3) is 1.63. The molecule has 0 saturated carbocycles. The molecule has 1 aromatic heterocycles. The van der Waals surface area contributed by atoms with Crippen molar-refractivity contribution in [2.24, 2.45) is 0 Å². The highest BCUT2D eigenvalue weighted by molar-refractivity contribution is 5.97. The van der Waals surface area contributed by atoms with Crippen molar-refractivity contribution in [1.82, 2.24) is 0 Å². The number of hydrogen-bond acceptors (Lipinski definition) is 2. The molecule has 0 radical (unpaired) electrons.